The molecule has 0 radical (unpaired) electrons. The fourth-order valence-electron chi connectivity index (χ4n) is 3.03. The lowest BCUT2D eigenvalue weighted by Gasteiger charge is -2.30. The molecule has 0 amide bonds. The average Bonchev–Trinajstić information content (AvgIpc) is 2.38. The molecular weight excluding hydrogens is 212 g/mol. The molecule has 3 heteroatoms. The monoisotopic (exact) mass is 240 g/mol. The Hall–Kier alpha value is -0.120. The van der Waals surface area contributed by atoms with E-state index < -0.39 is 0 Å². The number of hydrogen-bond acceptors (Lipinski definition) is 3. The summed E-state index contributed by atoms with van der Waals surface area (Å²) in [5, 5.41) is 3.75. The third-order valence-electron chi connectivity index (χ3n) is 4.27. The van der Waals surface area contributed by atoms with Crippen LogP contribution in [0.2, 0.25) is 0 Å². The quantitative estimate of drug-likeness (QED) is 0.743. The Morgan fingerprint density at radius 2 is 1.94 bits per heavy atom. The summed E-state index contributed by atoms with van der Waals surface area (Å²) in [4.78, 5) is 2.52. The van der Waals surface area contributed by atoms with E-state index in [-0.39, 0.29) is 0 Å². The smallest absolute Gasteiger partial charge is 0.0594 e. The summed E-state index contributed by atoms with van der Waals surface area (Å²) in [6.45, 7) is 8.92. The molecule has 1 aliphatic heterocycles. The summed E-state index contributed by atoms with van der Waals surface area (Å²) >= 11 is 0. The van der Waals surface area contributed by atoms with E-state index in [4.69, 9.17) is 4.74 Å². The van der Waals surface area contributed by atoms with E-state index in [1.54, 1.807) is 0 Å². The third kappa shape index (κ3) is 4.57. The van der Waals surface area contributed by atoms with Crippen molar-refractivity contribution in [3.63, 3.8) is 0 Å². The van der Waals surface area contributed by atoms with Crippen LogP contribution in [0.25, 0.3) is 0 Å². The Kier molecular flexibility index (Phi) is 5.75. The molecule has 2 fully saturated rings. The van der Waals surface area contributed by atoms with Crippen molar-refractivity contribution < 1.29 is 4.74 Å². The van der Waals surface area contributed by atoms with Gasteiger partial charge in [-0.2, -0.15) is 0 Å². The predicted molar refractivity (Wildman–Crippen MR) is 71.3 cm³/mol. The zero-order chi connectivity index (χ0) is 11.9. The maximum absolute atomic E-state index is 5.36. The van der Waals surface area contributed by atoms with Crippen LogP contribution in [0.15, 0.2) is 0 Å². The molecule has 100 valence electrons. The lowest BCUT2D eigenvalue weighted by Crippen LogP contribution is -2.40. The summed E-state index contributed by atoms with van der Waals surface area (Å²) in [7, 11) is 0. The molecule has 0 bridgehead atoms. The summed E-state index contributed by atoms with van der Waals surface area (Å²) in [6, 6.07) is 0.786. The van der Waals surface area contributed by atoms with Crippen molar-refractivity contribution in [1.29, 1.82) is 0 Å². The molecule has 3 nitrogen and oxygen atoms in total. The summed E-state index contributed by atoms with van der Waals surface area (Å²) in [6.07, 6.45) is 6.95. The topological polar surface area (TPSA) is 24.5 Å². The first-order valence-corrected chi connectivity index (χ1v) is 7.40. The van der Waals surface area contributed by atoms with Crippen LogP contribution in [0.3, 0.4) is 0 Å². The fourth-order valence-corrected chi connectivity index (χ4v) is 3.03. The molecule has 0 aromatic rings. The maximum atomic E-state index is 5.36. The zero-order valence-corrected chi connectivity index (χ0v) is 11.3. The first-order valence-electron chi connectivity index (χ1n) is 7.40. The molecule has 0 spiro atoms. The first kappa shape index (κ1) is 13.3. The SMILES string of the molecule is CC1CCCCC1NCCCN1CCOCC1. The van der Waals surface area contributed by atoms with Crippen molar-refractivity contribution in [1.82, 2.24) is 10.2 Å². The third-order valence-corrected chi connectivity index (χ3v) is 4.27. The van der Waals surface area contributed by atoms with E-state index in [1.807, 2.05) is 0 Å². The molecular formula is C14H28N2O. The Morgan fingerprint density at radius 1 is 1.18 bits per heavy atom. The molecule has 0 aromatic heterocycles. The molecule has 2 rings (SSSR count). The zero-order valence-electron chi connectivity index (χ0n) is 11.3. The summed E-state index contributed by atoms with van der Waals surface area (Å²) in [5.74, 6) is 0.882. The van der Waals surface area contributed by atoms with Crippen molar-refractivity contribution in [2.24, 2.45) is 5.92 Å². The molecule has 0 aromatic carbocycles. The van der Waals surface area contributed by atoms with E-state index in [9.17, 15) is 0 Å². The molecule has 2 unspecified atom stereocenters. The molecule has 2 atom stereocenters. The van der Waals surface area contributed by atoms with Gasteiger partial charge in [0, 0.05) is 19.1 Å². The largest absolute Gasteiger partial charge is 0.379 e. The van der Waals surface area contributed by atoms with Crippen molar-refractivity contribution in [2.75, 3.05) is 39.4 Å². The minimum atomic E-state index is 0.786. The van der Waals surface area contributed by atoms with Crippen molar-refractivity contribution in [3.05, 3.63) is 0 Å². The number of rotatable bonds is 5. The van der Waals surface area contributed by atoms with Gasteiger partial charge in [-0.25, -0.2) is 0 Å². The number of morpholine rings is 1. The number of nitrogens with zero attached hydrogens (tertiary/aromatic N) is 1. The average molecular weight is 240 g/mol. The van der Waals surface area contributed by atoms with Gasteiger partial charge in [0.05, 0.1) is 13.2 Å². The second kappa shape index (κ2) is 7.34. The highest BCUT2D eigenvalue weighted by atomic mass is 16.5. The Morgan fingerprint density at radius 3 is 2.71 bits per heavy atom. The predicted octanol–water partition coefficient (Wildman–Crippen LogP) is 1.88. The molecule has 1 N–H and O–H groups in total. The highest BCUT2D eigenvalue weighted by molar-refractivity contribution is 4.78. The minimum Gasteiger partial charge on any atom is -0.379 e. The second-order valence-corrected chi connectivity index (χ2v) is 5.63. The molecule has 1 aliphatic carbocycles. The van der Waals surface area contributed by atoms with Gasteiger partial charge in [0.2, 0.25) is 0 Å². The van der Waals surface area contributed by atoms with Gasteiger partial charge in [0.15, 0.2) is 0 Å². The van der Waals surface area contributed by atoms with Crippen molar-refractivity contribution >= 4 is 0 Å². The molecule has 1 saturated carbocycles. The van der Waals surface area contributed by atoms with Crippen LogP contribution in [-0.2, 0) is 4.74 Å². The minimum absolute atomic E-state index is 0.786. The molecule has 17 heavy (non-hydrogen) atoms. The van der Waals surface area contributed by atoms with Crippen LogP contribution < -0.4 is 5.32 Å². The fraction of sp³-hybridized carbons (Fsp3) is 1.00. The van der Waals surface area contributed by atoms with Crippen molar-refractivity contribution in [3.8, 4) is 0 Å². The van der Waals surface area contributed by atoms with Gasteiger partial charge in [-0.3, -0.25) is 4.90 Å². The maximum Gasteiger partial charge on any atom is 0.0594 e. The van der Waals surface area contributed by atoms with Crippen LogP contribution in [0, 0.1) is 5.92 Å². The Labute approximate surface area is 106 Å². The van der Waals surface area contributed by atoms with E-state index in [2.05, 4.69) is 17.1 Å². The number of nitrogens with one attached hydrogen (secondary N) is 1. The molecule has 2 aliphatic rings. The van der Waals surface area contributed by atoms with Gasteiger partial charge >= 0.3 is 0 Å². The Bertz CT molecular complexity index is 204. The van der Waals surface area contributed by atoms with Crippen molar-refractivity contribution in [2.45, 2.75) is 45.1 Å². The van der Waals surface area contributed by atoms with Crippen LogP contribution >= 0.6 is 0 Å². The van der Waals surface area contributed by atoms with Crippen LogP contribution in [0.4, 0.5) is 0 Å². The lowest BCUT2D eigenvalue weighted by atomic mass is 9.86. The summed E-state index contributed by atoms with van der Waals surface area (Å²) < 4.78 is 5.36. The van der Waals surface area contributed by atoms with Gasteiger partial charge in [0.25, 0.3) is 0 Å². The molecule has 1 heterocycles. The lowest BCUT2D eigenvalue weighted by molar-refractivity contribution is 0.0373. The van der Waals surface area contributed by atoms with Gasteiger partial charge in [-0.15, -0.1) is 0 Å². The van der Waals surface area contributed by atoms with Crippen LogP contribution in [0.1, 0.15) is 39.0 Å². The van der Waals surface area contributed by atoms with Gasteiger partial charge < -0.3 is 10.1 Å². The van der Waals surface area contributed by atoms with E-state index in [0.717, 1.165) is 38.3 Å². The van der Waals surface area contributed by atoms with E-state index in [0.29, 0.717) is 0 Å². The van der Waals surface area contributed by atoms with Gasteiger partial charge in [-0.1, -0.05) is 19.8 Å². The second-order valence-electron chi connectivity index (χ2n) is 5.63. The van der Waals surface area contributed by atoms with Crippen LogP contribution in [-0.4, -0.2) is 50.3 Å². The normalized spacial score (nSPS) is 31.6. The highest BCUT2D eigenvalue weighted by Crippen LogP contribution is 2.23. The van der Waals surface area contributed by atoms with Crippen LogP contribution in [0.5, 0.6) is 0 Å². The van der Waals surface area contributed by atoms with Gasteiger partial charge in [-0.05, 0) is 38.3 Å². The van der Waals surface area contributed by atoms with E-state index in [1.165, 1.54) is 45.2 Å². The summed E-state index contributed by atoms with van der Waals surface area (Å²) in [5.41, 5.74) is 0. The first-order chi connectivity index (χ1) is 8.36. The van der Waals surface area contributed by atoms with Gasteiger partial charge in [0.1, 0.15) is 0 Å². The van der Waals surface area contributed by atoms with E-state index >= 15 is 0 Å². The molecule has 1 saturated heterocycles. The highest BCUT2D eigenvalue weighted by Gasteiger charge is 2.20. The number of hydrogen-bond donors (Lipinski definition) is 1. The number of ether oxygens (including phenoxy) is 1. The Balaban J connectivity index is 1.53. The standard InChI is InChI=1S/C14H28N2O/c1-13-5-2-3-6-14(13)15-7-4-8-16-9-11-17-12-10-16/h13-15H,2-12H2,1H3.